The molecular formula is C9H10N3O. The second-order valence-electron chi connectivity index (χ2n) is 2.57. The minimum atomic E-state index is 0.0430. The van der Waals surface area contributed by atoms with E-state index >= 15 is 0 Å². The van der Waals surface area contributed by atoms with Crippen LogP contribution in [0.5, 0.6) is 0 Å². The molecule has 4 heteroatoms. The first-order valence-electron chi connectivity index (χ1n) is 3.77. The molecule has 1 amide bonds. The first-order valence-corrected chi connectivity index (χ1v) is 3.77. The summed E-state index contributed by atoms with van der Waals surface area (Å²) in [7, 11) is 0. The van der Waals surface area contributed by atoms with Crippen molar-refractivity contribution in [1.29, 1.82) is 5.41 Å². The van der Waals surface area contributed by atoms with E-state index in [1.54, 1.807) is 30.7 Å². The molecule has 0 unspecified atom stereocenters. The zero-order valence-corrected chi connectivity index (χ0v) is 7.00. The van der Waals surface area contributed by atoms with E-state index in [0.29, 0.717) is 12.1 Å². The number of nitrogens with two attached hydrogens (primary N) is 1. The van der Waals surface area contributed by atoms with Crippen molar-refractivity contribution >= 4 is 12.2 Å². The van der Waals surface area contributed by atoms with Gasteiger partial charge in [-0.15, -0.1) is 0 Å². The molecule has 1 aromatic rings. The number of hydrogen-bond acceptors (Lipinski definition) is 2. The third-order valence-electron chi connectivity index (χ3n) is 1.63. The number of amides is 1. The largest absolute Gasteiger partial charge is 0.384 e. The Morgan fingerprint density at radius 1 is 1.46 bits per heavy atom. The molecule has 0 heterocycles. The van der Waals surface area contributed by atoms with Crippen molar-refractivity contribution in [2.24, 2.45) is 5.73 Å². The molecule has 1 rings (SSSR count). The molecule has 4 N–H and O–H groups in total. The van der Waals surface area contributed by atoms with Gasteiger partial charge in [-0.05, 0) is 5.56 Å². The van der Waals surface area contributed by atoms with E-state index in [0.717, 1.165) is 5.56 Å². The van der Waals surface area contributed by atoms with Crippen molar-refractivity contribution in [2.75, 3.05) is 0 Å². The summed E-state index contributed by atoms with van der Waals surface area (Å²) in [6.45, 7) is 0.446. The fourth-order valence-electron chi connectivity index (χ4n) is 0.940. The van der Waals surface area contributed by atoms with Crippen molar-refractivity contribution in [1.82, 2.24) is 5.32 Å². The van der Waals surface area contributed by atoms with Crippen LogP contribution in [0.3, 0.4) is 0 Å². The summed E-state index contributed by atoms with van der Waals surface area (Å²) in [6, 6.07) is 7.09. The molecule has 0 saturated heterocycles. The number of benzene rings is 1. The van der Waals surface area contributed by atoms with Gasteiger partial charge in [-0.1, -0.05) is 24.3 Å². The standard InChI is InChI=1S/C9H10N3O/c10-9(11)8-3-1-7(2-4-8)5-12-6-13/h1-4H,5H2,(H3,10,11)(H,12,13). The fourth-order valence-corrected chi connectivity index (χ4v) is 0.940. The highest BCUT2D eigenvalue weighted by atomic mass is 16.1. The van der Waals surface area contributed by atoms with E-state index in [1.165, 1.54) is 0 Å². The van der Waals surface area contributed by atoms with Gasteiger partial charge >= 0.3 is 6.41 Å². The predicted molar refractivity (Wildman–Crippen MR) is 50.0 cm³/mol. The van der Waals surface area contributed by atoms with Gasteiger partial charge in [-0.2, -0.15) is 0 Å². The minimum Gasteiger partial charge on any atom is -0.384 e. The van der Waals surface area contributed by atoms with Crippen LogP contribution in [-0.2, 0) is 11.3 Å². The van der Waals surface area contributed by atoms with E-state index in [2.05, 4.69) is 5.32 Å². The summed E-state index contributed by atoms with van der Waals surface area (Å²) in [5.41, 5.74) is 6.90. The lowest BCUT2D eigenvalue weighted by molar-refractivity contribution is 0.542. The Morgan fingerprint density at radius 3 is 2.54 bits per heavy atom. The Balaban J connectivity index is 2.69. The third-order valence-corrected chi connectivity index (χ3v) is 1.63. The van der Waals surface area contributed by atoms with Gasteiger partial charge in [0.05, 0.1) is 0 Å². The van der Waals surface area contributed by atoms with Crippen molar-refractivity contribution in [3.8, 4) is 0 Å². The molecule has 0 aliphatic rings. The number of hydrogen-bond donors (Lipinski definition) is 3. The Bertz CT molecular complexity index is 305. The number of amidine groups is 1. The van der Waals surface area contributed by atoms with Crippen LogP contribution in [0.25, 0.3) is 0 Å². The zero-order valence-electron chi connectivity index (χ0n) is 7.00. The molecule has 1 radical (unpaired) electrons. The Hall–Kier alpha value is -1.84. The zero-order chi connectivity index (χ0) is 9.68. The van der Waals surface area contributed by atoms with Crippen LogP contribution < -0.4 is 11.1 Å². The minimum absolute atomic E-state index is 0.0430. The molecule has 0 spiro atoms. The summed E-state index contributed by atoms with van der Waals surface area (Å²) >= 11 is 0. The number of rotatable bonds is 4. The summed E-state index contributed by atoms with van der Waals surface area (Å²) in [5.74, 6) is 0.0430. The molecule has 0 aliphatic heterocycles. The quantitative estimate of drug-likeness (QED) is 0.346. The van der Waals surface area contributed by atoms with Crippen LogP contribution in [0.1, 0.15) is 11.1 Å². The van der Waals surface area contributed by atoms with Gasteiger partial charge in [0, 0.05) is 12.1 Å². The molecule has 0 saturated carbocycles. The maximum absolute atomic E-state index is 9.86. The molecule has 4 nitrogen and oxygen atoms in total. The van der Waals surface area contributed by atoms with Crippen LogP contribution >= 0.6 is 0 Å². The van der Waals surface area contributed by atoms with Crippen molar-refractivity contribution in [2.45, 2.75) is 6.54 Å². The third kappa shape index (κ3) is 2.59. The van der Waals surface area contributed by atoms with E-state index in [9.17, 15) is 4.79 Å². The molecule has 67 valence electrons. The molecule has 13 heavy (non-hydrogen) atoms. The average Bonchev–Trinajstić information content (AvgIpc) is 2.15. The summed E-state index contributed by atoms with van der Waals surface area (Å²) in [5, 5.41) is 9.57. The maximum atomic E-state index is 9.86. The smallest absolute Gasteiger partial charge is 0.309 e. The number of nitrogen functional groups attached to an aromatic ring is 1. The van der Waals surface area contributed by atoms with Crippen molar-refractivity contribution < 1.29 is 4.79 Å². The number of carbonyl (C=O) groups excluding carboxylic acids is 1. The summed E-state index contributed by atoms with van der Waals surface area (Å²) in [4.78, 5) is 9.86. The molecule has 0 atom stereocenters. The van der Waals surface area contributed by atoms with Gasteiger partial charge < -0.3 is 11.1 Å². The molecule has 1 aromatic carbocycles. The Kier molecular flexibility index (Phi) is 3.03. The molecule has 0 aromatic heterocycles. The van der Waals surface area contributed by atoms with Crippen LogP contribution in [0.2, 0.25) is 0 Å². The van der Waals surface area contributed by atoms with E-state index < -0.39 is 0 Å². The van der Waals surface area contributed by atoms with Crippen molar-refractivity contribution in [3.05, 3.63) is 35.4 Å². The topological polar surface area (TPSA) is 79.0 Å². The average molecular weight is 176 g/mol. The van der Waals surface area contributed by atoms with E-state index in [-0.39, 0.29) is 5.84 Å². The lowest BCUT2D eigenvalue weighted by Crippen LogP contribution is -2.12. The Labute approximate surface area is 76.3 Å². The molecule has 0 aliphatic carbocycles. The SMILES string of the molecule is N=C(N)c1ccc(CN[C]=O)cc1. The van der Waals surface area contributed by atoms with Gasteiger partial charge in [-0.3, -0.25) is 10.2 Å². The van der Waals surface area contributed by atoms with Crippen LogP contribution in [-0.4, -0.2) is 12.2 Å². The van der Waals surface area contributed by atoms with Gasteiger partial charge in [0.15, 0.2) is 0 Å². The van der Waals surface area contributed by atoms with E-state index in [1.807, 2.05) is 0 Å². The second-order valence-corrected chi connectivity index (χ2v) is 2.57. The summed E-state index contributed by atoms with van der Waals surface area (Å²) < 4.78 is 0. The fraction of sp³-hybridized carbons (Fsp3) is 0.111. The predicted octanol–water partition coefficient (Wildman–Crippen LogP) is 0.127. The summed E-state index contributed by atoms with van der Waals surface area (Å²) in [6.07, 6.45) is 1.59. The lowest BCUT2D eigenvalue weighted by Gasteiger charge is -2.01. The van der Waals surface area contributed by atoms with Gasteiger partial charge in [0.1, 0.15) is 5.84 Å². The van der Waals surface area contributed by atoms with E-state index in [4.69, 9.17) is 11.1 Å². The highest BCUT2D eigenvalue weighted by molar-refractivity contribution is 5.94. The number of nitrogens with one attached hydrogen (secondary N) is 2. The lowest BCUT2D eigenvalue weighted by atomic mass is 10.1. The first-order chi connectivity index (χ1) is 6.24. The molecular weight excluding hydrogens is 166 g/mol. The van der Waals surface area contributed by atoms with Gasteiger partial charge in [0.25, 0.3) is 0 Å². The van der Waals surface area contributed by atoms with Crippen molar-refractivity contribution in [3.63, 3.8) is 0 Å². The maximum Gasteiger partial charge on any atom is 0.309 e. The normalized spacial score (nSPS) is 9.23. The Morgan fingerprint density at radius 2 is 2.08 bits per heavy atom. The first kappa shape index (κ1) is 9.25. The molecule has 0 fully saturated rings. The van der Waals surface area contributed by atoms with Crippen LogP contribution in [0, 0.1) is 5.41 Å². The van der Waals surface area contributed by atoms with Crippen LogP contribution in [0.4, 0.5) is 0 Å². The van der Waals surface area contributed by atoms with Gasteiger partial charge in [-0.25, -0.2) is 0 Å². The van der Waals surface area contributed by atoms with Crippen LogP contribution in [0.15, 0.2) is 24.3 Å². The monoisotopic (exact) mass is 176 g/mol. The second kappa shape index (κ2) is 4.25. The van der Waals surface area contributed by atoms with Gasteiger partial charge in [0.2, 0.25) is 0 Å². The highest BCUT2D eigenvalue weighted by Crippen LogP contribution is 2.02. The molecule has 0 bridgehead atoms. The highest BCUT2D eigenvalue weighted by Gasteiger charge is 1.95.